The molecule has 2 aromatic carbocycles. The molecule has 1 aliphatic rings. The maximum Gasteiger partial charge on any atom is 0.227 e. The molecule has 4 rings (SSSR count). The summed E-state index contributed by atoms with van der Waals surface area (Å²) in [5, 5.41) is 0. The van der Waals surface area contributed by atoms with E-state index in [0.717, 1.165) is 41.1 Å². The standard InChI is InChI=1S/C26H27FN2O3/c1-17-13-20(19-7-9-21(31-2)10-8-19)16-23(28-17)24-5-4-12-29(24)26(30)15-18-6-11-25(32-3)22(27)14-18/h6-11,13-14,16,24H,4-5,12,15H2,1-3H3/t24-/m0/s1. The fraction of sp³-hybridized carbons (Fsp3) is 0.308. The van der Waals surface area contributed by atoms with E-state index in [4.69, 9.17) is 14.5 Å². The van der Waals surface area contributed by atoms with E-state index in [2.05, 4.69) is 6.07 Å². The third-order valence-corrected chi connectivity index (χ3v) is 5.88. The van der Waals surface area contributed by atoms with Crippen LogP contribution in [0.25, 0.3) is 11.1 Å². The van der Waals surface area contributed by atoms with Crippen LogP contribution in [0, 0.1) is 12.7 Å². The zero-order chi connectivity index (χ0) is 22.7. The van der Waals surface area contributed by atoms with Crippen LogP contribution in [0.5, 0.6) is 11.5 Å². The van der Waals surface area contributed by atoms with Crippen LogP contribution in [-0.2, 0) is 11.2 Å². The van der Waals surface area contributed by atoms with E-state index < -0.39 is 5.82 Å². The van der Waals surface area contributed by atoms with Crippen molar-refractivity contribution in [1.29, 1.82) is 0 Å². The molecular weight excluding hydrogens is 407 g/mol. The maximum atomic E-state index is 14.0. The van der Waals surface area contributed by atoms with E-state index >= 15 is 0 Å². The van der Waals surface area contributed by atoms with Crippen LogP contribution in [-0.4, -0.2) is 36.6 Å². The Hall–Kier alpha value is -3.41. The highest BCUT2D eigenvalue weighted by Gasteiger charge is 2.31. The van der Waals surface area contributed by atoms with Crippen molar-refractivity contribution in [3.8, 4) is 22.6 Å². The second-order valence-electron chi connectivity index (χ2n) is 8.04. The van der Waals surface area contributed by atoms with Gasteiger partial charge < -0.3 is 14.4 Å². The molecule has 0 bridgehead atoms. The number of likely N-dealkylation sites (tertiary alicyclic amines) is 1. The molecule has 1 aliphatic heterocycles. The number of aryl methyl sites for hydroxylation is 1. The number of ether oxygens (including phenoxy) is 2. The summed E-state index contributed by atoms with van der Waals surface area (Å²) in [6.45, 7) is 2.65. The van der Waals surface area contributed by atoms with Crippen LogP contribution in [0.4, 0.5) is 4.39 Å². The number of halogens is 1. The second kappa shape index (κ2) is 9.39. The summed E-state index contributed by atoms with van der Waals surface area (Å²) in [4.78, 5) is 19.7. The average Bonchev–Trinajstić information content (AvgIpc) is 3.29. The Labute approximate surface area is 187 Å². The summed E-state index contributed by atoms with van der Waals surface area (Å²) in [6, 6.07) is 16.6. The highest BCUT2D eigenvalue weighted by molar-refractivity contribution is 5.79. The molecule has 0 spiro atoms. The number of rotatable bonds is 6. The Morgan fingerprint density at radius 1 is 1.06 bits per heavy atom. The number of hydrogen-bond acceptors (Lipinski definition) is 4. The SMILES string of the molecule is COc1ccc(-c2cc(C)nc([C@@H]3CCCN3C(=O)Cc3ccc(OC)c(F)c3)c2)cc1. The van der Waals surface area contributed by atoms with Gasteiger partial charge in [-0.15, -0.1) is 0 Å². The van der Waals surface area contributed by atoms with E-state index in [9.17, 15) is 9.18 Å². The smallest absolute Gasteiger partial charge is 0.227 e. The number of hydrogen-bond donors (Lipinski definition) is 0. The molecule has 1 fully saturated rings. The first kappa shape index (κ1) is 21.8. The Morgan fingerprint density at radius 2 is 1.84 bits per heavy atom. The van der Waals surface area contributed by atoms with Gasteiger partial charge in [0, 0.05) is 12.2 Å². The van der Waals surface area contributed by atoms with Crippen molar-refractivity contribution < 1.29 is 18.7 Å². The fourth-order valence-electron chi connectivity index (χ4n) is 4.28. The Bertz CT molecular complexity index is 1110. The number of carbonyl (C=O) groups is 1. The number of nitrogens with zero attached hydrogens (tertiary/aromatic N) is 2. The normalized spacial score (nSPS) is 15.6. The van der Waals surface area contributed by atoms with Gasteiger partial charge >= 0.3 is 0 Å². The van der Waals surface area contributed by atoms with E-state index in [0.29, 0.717) is 12.1 Å². The molecule has 1 aromatic heterocycles. The van der Waals surface area contributed by atoms with E-state index in [1.807, 2.05) is 42.2 Å². The minimum Gasteiger partial charge on any atom is -0.497 e. The van der Waals surface area contributed by atoms with E-state index in [1.165, 1.54) is 13.2 Å². The van der Waals surface area contributed by atoms with Gasteiger partial charge in [-0.25, -0.2) is 4.39 Å². The van der Waals surface area contributed by atoms with Crippen molar-refractivity contribution in [2.75, 3.05) is 20.8 Å². The molecule has 0 radical (unpaired) electrons. The van der Waals surface area contributed by atoms with Crippen molar-refractivity contribution in [1.82, 2.24) is 9.88 Å². The van der Waals surface area contributed by atoms with Crippen LogP contribution >= 0.6 is 0 Å². The Kier molecular flexibility index (Phi) is 6.40. The van der Waals surface area contributed by atoms with Gasteiger partial charge in [0.1, 0.15) is 5.75 Å². The summed E-state index contributed by atoms with van der Waals surface area (Å²) < 4.78 is 24.3. The van der Waals surface area contributed by atoms with E-state index in [1.54, 1.807) is 19.2 Å². The third kappa shape index (κ3) is 4.59. The number of benzene rings is 2. The molecule has 0 N–H and O–H groups in total. The summed E-state index contributed by atoms with van der Waals surface area (Å²) in [6.07, 6.45) is 1.93. The van der Waals surface area contributed by atoms with Gasteiger partial charge in [0.2, 0.25) is 5.91 Å². The van der Waals surface area contributed by atoms with Gasteiger partial charge in [-0.3, -0.25) is 9.78 Å². The summed E-state index contributed by atoms with van der Waals surface area (Å²) in [7, 11) is 3.07. The molecule has 2 heterocycles. The van der Waals surface area contributed by atoms with Gasteiger partial charge in [-0.2, -0.15) is 0 Å². The van der Waals surface area contributed by atoms with Gasteiger partial charge in [-0.1, -0.05) is 18.2 Å². The van der Waals surface area contributed by atoms with Crippen LogP contribution < -0.4 is 9.47 Å². The van der Waals surface area contributed by atoms with Crippen LogP contribution in [0.1, 0.15) is 35.8 Å². The lowest BCUT2D eigenvalue weighted by molar-refractivity contribution is -0.131. The molecule has 0 aliphatic carbocycles. The lowest BCUT2D eigenvalue weighted by Gasteiger charge is -2.25. The molecule has 3 aromatic rings. The lowest BCUT2D eigenvalue weighted by atomic mass is 10.0. The first-order valence-electron chi connectivity index (χ1n) is 10.7. The second-order valence-corrected chi connectivity index (χ2v) is 8.04. The molecule has 5 nitrogen and oxygen atoms in total. The first-order valence-corrected chi connectivity index (χ1v) is 10.7. The third-order valence-electron chi connectivity index (χ3n) is 5.88. The lowest BCUT2D eigenvalue weighted by Crippen LogP contribution is -2.32. The fourth-order valence-corrected chi connectivity index (χ4v) is 4.28. The van der Waals surface area contributed by atoms with Gasteiger partial charge in [0.15, 0.2) is 11.6 Å². The van der Waals surface area contributed by atoms with Crippen LogP contribution in [0.15, 0.2) is 54.6 Å². The zero-order valence-corrected chi connectivity index (χ0v) is 18.6. The number of pyridine rings is 1. The molecule has 0 saturated carbocycles. The minimum atomic E-state index is -0.458. The molecule has 1 amide bonds. The van der Waals surface area contributed by atoms with Crippen molar-refractivity contribution in [2.45, 2.75) is 32.2 Å². The van der Waals surface area contributed by atoms with Crippen molar-refractivity contribution >= 4 is 5.91 Å². The minimum absolute atomic E-state index is 0.0219. The van der Waals surface area contributed by atoms with Crippen molar-refractivity contribution in [2.24, 2.45) is 0 Å². The monoisotopic (exact) mass is 434 g/mol. The predicted molar refractivity (Wildman–Crippen MR) is 121 cm³/mol. The summed E-state index contributed by atoms with van der Waals surface area (Å²) >= 11 is 0. The number of aromatic nitrogens is 1. The maximum absolute atomic E-state index is 14.0. The summed E-state index contributed by atoms with van der Waals surface area (Å²) in [5.74, 6) is 0.504. The Balaban J connectivity index is 1.56. The quantitative estimate of drug-likeness (QED) is 0.540. The number of methoxy groups -OCH3 is 2. The first-order chi connectivity index (χ1) is 15.5. The average molecular weight is 435 g/mol. The van der Waals surface area contributed by atoms with E-state index in [-0.39, 0.29) is 24.1 Å². The molecule has 1 saturated heterocycles. The predicted octanol–water partition coefficient (Wildman–Crippen LogP) is 5.12. The molecule has 32 heavy (non-hydrogen) atoms. The highest BCUT2D eigenvalue weighted by Crippen LogP contribution is 2.34. The molecule has 1 atom stereocenters. The number of carbonyl (C=O) groups excluding carboxylic acids is 1. The Morgan fingerprint density at radius 3 is 2.53 bits per heavy atom. The summed E-state index contributed by atoms with van der Waals surface area (Å²) in [5.41, 5.74) is 4.57. The largest absolute Gasteiger partial charge is 0.497 e. The van der Waals surface area contributed by atoms with Gasteiger partial charge in [0.25, 0.3) is 0 Å². The van der Waals surface area contributed by atoms with Crippen LogP contribution in [0.2, 0.25) is 0 Å². The highest BCUT2D eigenvalue weighted by atomic mass is 19.1. The molecule has 166 valence electrons. The molecule has 0 unspecified atom stereocenters. The zero-order valence-electron chi connectivity index (χ0n) is 18.6. The van der Waals surface area contributed by atoms with Gasteiger partial charge in [0.05, 0.1) is 32.4 Å². The van der Waals surface area contributed by atoms with Crippen molar-refractivity contribution in [3.05, 3.63) is 77.4 Å². The topological polar surface area (TPSA) is 51.7 Å². The van der Waals surface area contributed by atoms with Gasteiger partial charge in [-0.05, 0) is 72.9 Å². The van der Waals surface area contributed by atoms with Crippen LogP contribution in [0.3, 0.4) is 0 Å². The number of amides is 1. The molecule has 6 heteroatoms. The van der Waals surface area contributed by atoms with Crippen molar-refractivity contribution in [3.63, 3.8) is 0 Å². The molecular formula is C26H27FN2O3.